The lowest BCUT2D eigenvalue weighted by molar-refractivity contribution is -0.119. The van der Waals surface area contributed by atoms with Gasteiger partial charge in [0.15, 0.2) is 0 Å². The number of carbonyl (C=O) groups excluding carboxylic acids is 1. The maximum absolute atomic E-state index is 11.7. The first-order valence-corrected chi connectivity index (χ1v) is 7.05. The predicted molar refractivity (Wildman–Crippen MR) is 83.2 cm³/mol. The SMILES string of the molecule is CCNC(=O)CN(CC)c1ccc(N)c(OC(C)C)c1. The van der Waals surface area contributed by atoms with E-state index in [-0.39, 0.29) is 12.0 Å². The molecular formula is C15H25N3O2. The molecule has 0 atom stereocenters. The van der Waals surface area contributed by atoms with Gasteiger partial charge in [0.1, 0.15) is 5.75 Å². The van der Waals surface area contributed by atoms with Gasteiger partial charge in [0, 0.05) is 24.8 Å². The Morgan fingerprint density at radius 1 is 1.40 bits per heavy atom. The number of nitrogens with two attached hydrogens (primary N) is 1. The lowest BCUT2D eigenvalue weighted by Crippen LogP contribution is -2.37. The molecule has 1 amide bonds. The average molecular weight is 279 g/mol. The van der Waals surface area contributed by atoms with Gasteiger partial charge in [-0.2, -0.15) is 0 Å². The van der Waals surface area contributed by atoms with Gasteiger partial charge in [-0.1, -0.05) is 0 Å². The molecule has 0 aliphatic rings. The zero-order valence-electron chi connectivity index (χ0n) is 12.8. The van der Waals surface area contributed by atoms with Gasteiger partial charge in [-0.25, -0.2) is 0 Å². The van der Waals surface area contributed by atoms with E-state index < -0.39 is 0 Å². The third-order valence-electron chi connectivity index (χ3n) is 2.82. The van der Waals surface area contributed by atoms with Crippen LogP contribution in [0.25, 0.3) is 0 Å². The first kappa shape index (κ1) is 16.1. The van der Waals surface area contributed by atoms with Crippen LogP contribution in [-0.2, 0) is 4.79 Å². The van der Waals surface area contributed by atoms with E-state index in [2.05, 4.69) is 5.32 Å². The van der Waals surface area contributed by atoms with E-state index in [4.69, 9.17) is 10.5 Å². The highest BCUT2D eigenvalue weighted by atomic mass is 16.5. The number of likely N-dealkylation sites (N-methyl/N-ethyl adjacent to an activating group) is 2. The summed E-state index contributed by atoms with van der Waals surface area (Å²) in [6.07, 6.45) is 0.0611. The molecule has 0 radical (unpaired) electrons. The fourth-order valence-corrected chi connectivity index (χ4v) is 1.89. The normalized spacial score (nSPS) is 10.4. The number of nitrogen functional groups attached to an aromatic ring is 1. The number of anilines is 2. The summed E-state index contributed by atoms with van der Waals surface area (Å²) in [6, 6.07) is 5.61. The van der Waals surface area contributed by atoms with Gasteiger partial charge in [0.2, 0.25) is 5.91 Å². The summed E-state index contributed by atoms with van der Waals surface area (Å²) in [7, 11) is 0. The summed E-state index contributed by atoms with van der Waals surface area (Å²) in [5, 5.41) is 2.80. The minimum absolute atomic E-state index is 0.0116. The Labute approximate surface area is 121 Å². The van der Waals surface area contributed by atoms with Crippen LogP contribution in [0.3, 0.4) is 0 Å². The van der Waals surface area contributed by atoms with Crippen LogP contribution in [-0.4, -0.2) is 31.6 Å². The Hall–Kier alpha value is -1.91. The number of nitrogens with one attached hydrogen (secondary N) is 1. The molecule has 5 nitrogen and oxygen atoms in total. The maximum Gasteiger partial charge on any atom is 0.239 e. The summed E-state index contributed by atoms with van der Waals surface area (Å²) < 4.78 is 5.68. The van der Waals surface area contributed by atoms with Crippen molar-refractivity contribution in [3.05, 3.63) is 18.2 Å². The maximum atomic E-state index is 11.7. The zero-order chi connectivity index (χ0) is 15.1. The van der Waals surface area contributed by atoms with Crippen LogP contribution >= 0.6 is 0 Å². The third kappa shape index (κ3) is 4.64. The number of benzene rings is 1. The van der Waals surface area contributed by atoms with Crippen molar-refractivity contribution in [1.29, 1.82) is 0 Å². The minimum Gasteiger partial charge on any atom is -0.489 e. The van der Waals surface area contributed by atoms with Gasteiger partial charge in [-0.3, -0.25) is 4.79 Å². The summed E-state index contributed by atoms with van der Waals surface area (Å²) in [4.78, 5) is 13.7. The fourth-order valence-electron chi connectivity index (χ4n) is 1.89. The Kier molecular flexibility index (Phi) is 6.15. The summed E-state index contributed by atoms with van der Waals surface area (Å²) >= 11 is 0. The standard InChI is InChI=1S/C15H25N3O2/c1-5-17-15(19)10-18(6-2)12-7-8-13(16)14(9-12)20-11(3)4/h7-9,11H,5-6,10,16H2,1-4H3,(H,17,19). The topological polar surface area (TPSA) is 67.6 Å². The van der Waals surface area contributed by atoms with Crippen molar-refractivity contribution in [3.63, 3.8) is 0 Å². The first-order chi connectivity index (χ1) is 9.47. The van der Waals surface area contributed by atoms with Crippen molar-refractivity contribution in [2.75, 3.05) is 30.3 Å². The molecule has 0 bridgehead atoms. The Morgan fingerprint density at radius 2 is 2.10 bits per heavy atom. The van der Waals surface area contributed by atoms with Crippen LogP contribution in [0.4, 0.5) is 11.4 Å². The molecule has 0 aromatic heterocycles. The Bertz CT molecular complexity index is 447. The van der Waals surface area contributed by atoms with E-state index in [9.17, 15) is 4.79 Å². The highest BCUT2D eigenvalue weighted by molar-refractivity contribution is 5.81. The monoisotopic (exact) mass is 279 g/mol. The molecule has 5 heteroatoms. The Balaban J connectivity index is 2.89. The van der Waals surface area contributed by atoms with Crippen LogP contribution < -0.4 is 20.7 Å². The number of rotatable bonds is 7. The zero-order valence-corrected chi connectivity index (χ0v) is 12.8. The second-order valence-electron chi connectivity index (χ2n) is 4.86. The van der Waals surface area contributed by atoms with E-state index >= 15 is 0 Å². The molecule has 1 rings (SSSR count). The second-order valence-corrected chi connectivity index (χ2v) is 4.86. The molecule has 0 aliphatic heterocycles. The molecule has 0 unspecified atom stereocenters. The molecule has 0 saturated carbocycles. The van der Waals surface area contributed by atoms with Crippen molar-refractivity contribution in [1.82, 2.24) is 5.32 Å². The fraction of sp³-hybridized carbons (Fsp3) is 0.533. The van der Waals surface area contributed by atoms with Gasteiger partial charge >= 0.3 is 0 Å². The smallest absolute Gasteiger partial charge is 0.239 e. The van der Waals surface area contributed by atoms with E-state index in [1.165, 1.54) is 0 Å². The van der Waals surface area contributed by atoms with E-state index in [1.807, 2.05) is 50.8 Å². The van der Waals surface area contributed by atoms with E-state index in [0.717, 1.165) is 12.2 Å². The average Bonchev–Trinajstić information content (AvgIpc) is 2.38. The largest absolute Gasteiger partial charge is 0.489 e. The highest BCUT2D eigenvalue weighted by Gasteiger charge is 2.12. The van der Waals surface area contributed by atoms with Gasteiger partial charge in [-0.15, -0.1) is 0 Å². The molecule has 20 heavy (non-hydrogen) atoms. The van der Waals surface area contributed by atoms with Crippen molar-refractivity contribution in [2.45, 2.75) is 33.8 Å². The van der Waals surface area contributed by atoms with Crippen LogP contribution in [0.15, 0.2) is 18.2 Å². The molecule has 112 valence electrons. The molecule has 0 aliphatic carbocycles. The molecule has 0 saturated heterocycles. The van der Waals surface area contributed by atoms with Crippen LogP contribution in [0.1, 0.15) is 27.7 Å². The van der Waals surface area contributed by atoms with Crippen LogP contribution in [0.2, 0.25) is 0 Å². The number of ether oxygens (including phenoxy) is 1. The highest BCUT2D eigenvalue weighted by Crippen LogP contribution is 2.28. The van der Waals surface area contributed by atoms with E-state index in [1.54, 1.807) is 0 Å². The van der Waals surface area contributed by atoms with Gasteiger partial charge in [0.05, 0.1) is 18.3 Å². The van der Waals surface area contributed by atoms with Crippen LogP contribution in [0, 0.1) is 0 Å². The Morgan fingerprint density at radius 3 is 2.65 bits per heavy atom. The van der Waals surface area contributed by atoms with Crippen molar-refractivity contribution in [2.24, 2.45) is 0 Å². The molecular weight excluding hydrogens is 254 g/mol. The quantitative estimate of drug-likeness (QED) is 0.749. The third-order valence-corrected chi connectivity index (χ3v) is 2.82. The molecule has 1 aromatic carbocycles. The summed E-state index contributed by atoms with van der Waals surface area (Å²) in [5.41, 5.74) is 7.45. The van der Waals surface area contributed by atoms with Gasteiger partial charge in [-0.05, 0) is 39.8 Å². The van der Waals surface area contributed by atoms with Crippen molar-refractivity contribution in [3.8, 4) is 5.75 Å². The van der Waals surface area contributed by atoms with Crippen molar-refractivity contribution < 1.29 is 9.53 Å². The molecule has 0 spiro atoms. The first-order valence-electron chi connectivity index (χ1n) is 7.05. The van der Waals surface area contributed by atoms with Gasteiger partial charge < -0.3 is 20.7 Å². The molecule has 0 heterocycles. The number of hydrogen-bond acceptors (Lipinski definition) is 4. The van der Waals surface area contributed by atoms with Crippen molar-refractivity contribution >= 4 is 17.3 Å². The molecule has 3 N–H and O–H groups in total. The lowest BCUT2D eigenvalue weighted by atomic mass is 10.2. The minimum atomic E-state index is 0.0116. The summed E-state index contributed by atoms with van der Waals surface area (Å²) in [5.74, 6) is 0.671. The second kappa shape index (κ2) is 7.62. The van der Waals surface area contributed by atoms with Gasteiger partial charge in [0.25, 0.3) is 0 Å². The van der Waals surface area contributed by atoms with E-state index in [0.29, 0.717) is 24.5 Å². The molecule has 1 aromatic rings. The number of nitrogens with zero attached hydrogens (tertiary/aromatic N) is 1. The number of amides is 1. The van der Waals surface area contributed by atoms with Crippen LogP contribution in [0.5, 0.6) is 5.75 Å². The number of hydrogen-bond donors (Lipinski definition) is 2. The molecule has 0 fully saturated rings. The predicted octanol–water partition coefficient (Wildman–Crippen LogP) is 2.02. The summed E-state index contributed by atoms with van der Waals surface area (Å²) in [6.45, 7) is 9.54. The lowest BCUT2D eigenvalue weighted by Gasteiger charge is -2.24. The number of carbonyl (C=O) groups is 1.